The summed E-state index contributed by atoms with van der Waals surface area (Å²) < 4.78 is 106. The van der Waals surface area contributed by atoms with Crippen molar-refractivity contribution in [3.8, 4) is 0 Å². The molecule has 37 heavy (non-hydrogen) atoms. The Labute approximate surface area is 208 Å². The second-order valence-electron chi connectivity index (χ2n) is 9.98. The number of carbonyl (C=O) groups is 1. The Balaban J connectivity index is 1.95. The maximum Gasteiger partial charge on any atom is 0.417 e. The molecule has 1 aromatic rings. The van der Waals surface area contributed by atoms with Crippen LogP contribution in [0.5, 0.6) is 0 Å². The van der Waals surface area contributed by atoms with Gasteiger partial charge in [0.1, 0.15) is 11.9 Å². The van der Waals surface area contributed by atoms with Crippen LogP contribution in [-0.4, -0.2) is 46.1 Å². The van der Waals surface area contributed by atoms with Crippen LogP contribution in [0, 0.1) is 17.8 Å². The molecule has 1 unspecified atom stereocenters. The van der Waals surface area contributed by atoms with Crippen LogP contribution in [0.3, 0.4) is 0 Å². The Morgan fingerprint density at radius 3 is 2.46 bits per heavy atom. The van der Waals surface area contributed by atoms with Gasteiger partial charge in [-0.05, 0) is 45.4 Å². The fourth-order valence-corrected chi connectivity index (χ4v) is 4.73. The number of pyridine rings is 1. The lowest BCUT2D eigenvalue weighted by molar-refractivity contribution is -0.272. The quantitative estimate of drug-likeness (QED) is 0.441. The van der Waals surface area contributed by atoms with Crippen LogP contribution < -0.4 is 5.32 Å². The number of halogens is 7. The van der Waals surface area contributed by atoms with Crippen molar-refractivity contribution in [2.75, 3.05) is 5.32 Å². The molecule has 5 atom stereocenters. The summed E-state index contributed by atoms with van der Waals surface area (Å²) in [5.41, 5.74) is -3.40. The number of amides is 1. The van der Waals surface area contributed by atoms with Crippen molar-refractivity contribution in [3.05, 3.63) is 47.5 Å². The molecule has 0 radical (unpaired) electrons. The van der Waals surface area contributed by atoms with Gasteiger partial charge in [-0.25, -0.2) is 8.78 Å². The number of aromatic nitrogens is 1. The van der Waals surface area contributed by atoms with E-state index in [0.717, 1.165) is 6.92 Å². The fraction of sp³-hybridized carbons (Fsp3) is 0.583. The lowest BCUT2D eigenvalue weighted by atomic mass is 9.71. The minimum absolute atomic E-state index is 0.0838. The first-order valence-corrected chi connectivity index (χ1v) is 11.4. The number of anilines is 1. The molecule has 1 aliphatic carbocycles. The summed E-state index contributed by atoms with van der Waals surface area (Å²) in [5, 5.41) is 12.3. The molecule has 0 bridgehead atoms. The number of hydrogen-bond acceptors (Lipinski definition) is 5. The zero-order chi connectivity index (χ0) is 27.9. The predicted octanol–water partition coefficient (Wildman–Crippen LogP) is 5.60. The van der Waals surface area contributed by atoms with E-state index in [-0.39, 0.29) is 12.1 Å². The largest absolute Gasteiger partial charge is 0.436 e. The first kappa shape index (κ1) is 28.9. The smallest absolute Gasteiger partial charge is 0.417 e. The fourth-order valence-electron chi connectivity index (χ4n) is 4.73. The molecule has 3 rings (SSSR count). The third kappa shape index (κ3) is 6.08. The number of ether oxygens (including phenoxy) is 2. The zero-order valence-corrected chi connectivity index (χ0v) is 20.4. The standard InChI is InChI=1S/C24H27F7N2O4/c1-11-16(14-7-8-15(25)17(26)18(14)36-21(27)28)19(37-23(11,4)24(29,30)31)20(34)33-13-6-5-12(32-10-13)9-22(2,3)35/h5-6,8,10-11,14,16,19,21,35H,7,9H2,1-4H3,(H,33,34)/t11-,14?,16-,19+,23+/m1/s1. The van der Waals surface area contributed by atoms with Crippen LogP contribution in [0.1, 0.15) is 39.8 Å². The number of rotatable bonds is 7. The average molecular weight is 540 g/mol. The molecule has 0 saturated carbocycles. The van der Waals surface area contributed by atoms with Gasteiger partial charge in [0.25, 0.3) is 5.91 Å². The average Bonchev–Trinajstić information content (AvgIpc) is 3.04. The highest BCUT2D eigenvalue weighted by molar-refractivity contribution is 5.94. The molecule has 1 saturated heterocycles. The third-order valence-electron chi connectivity index (χ3n) is 6.69. The number of carbonyl (C=O) groups excluding carboxylic acids is 1. The van der Waals surface area contributed by atoms with Gasteiger partial charge >= 0.3 is 12.8 Å². The minimum atomic E-state index is -4.98. The van der Waals surface area contributed by atoms with Gasteiger partial charge in [-0.1, -0.05) is 6.92 Å². The van der Waals surface area contributed by atoms with Crippen LogP contribution in [0.2, 0.25) is 0 Å². The van der Waals surface area contributed by atoms with Crippen molar-refractivity contribution in [3.63, 3.8) is 0 Å². The number of nitrogens with one attached hydrogen (secondary N) is 1. The predicted molar refractivity (Wildman–Crippen MR) is 117 cm³/mol. The first-order valence-electron chi connectivity index (χ1n) is 11.4. The summed E-state index contributed by atoms with van der Waals surface area (Å²) in [6.45, 7) is 1.36. The van der Waals surface area contributed by atoms with Gasteiger partial charge in [0, 0.05) is 29.9 Å². The highest BCUT2D eigenvalue weighted by Crippen LogP contribution is 2.55. The van der Waals surface area contributed by atoms with E-state index in [9.17, 15) is 40.6 Å². The van der Waals surface area contributed by atoms with Crippen molar-refractivity contribution in [1.82, 2.24) is 4.98 Å². The normalized spacial score (nSPS) is 28.9. The van der Waals surface area contributed by atoms with Crippen LogP contribution in [0.15, 0.2) is 41.8 Å². The van der Waals surface area contributed by atoms with E-state index in [2.05, 4.69) is 15.0 Å². The van der Waals surface area contributed by atoms with Crippen molar-refractivity contribution in [2.45, 2.75) is 70.6 Å². The monoisotopic (exact) mass is 540 g/mol. The zero-order valence-electron chi connectivity index (χ0n) is 20.4. The number of aliphatic hydroxyl groups is 1. The maximum absolute atomic E-state index is 14.5. The van der Waals surface area contributed by atoms with E-state index in [1.54, 1.807) is 13.8 Å². The van der Waals surface area contributed by atoms with Gasteiger partial charge in [-0.3, -0.25) is 9.78 Å². The first-order chi connectivity index (χ1) is 16.9. The minimum Gasteiger partial charge on any atom is -0.436 e. The lowest BCUT2D eigenvalue weighted by Crippen LogP contribution is -2.47. The highest BCUT2D eigenvalue weighted by atomic mass is 19.4. The summed E-state index contributed by atoms with van der Waals surface area (Å²) in [7, 11) is 0. The van der Waals surface area contributed by atoms with Gasteiger partial charge in [0.2, 0.25) is 0 Å². The molecule has 206 valence electrons. The van der Waals surface area contributed by atoms with E-state index < -0.39 is 77.6 Å². The number of hydrogen-bond donors (Lipinski definition) is 2. The van der Waals surface area contributed by atoms with E-state index >= 15 is 0 Å². The molecule has 2 heterocycles. The van der Waals surface area contributed by atoms with Gasteiger partial charge < -0.3 is 19.9 Å². The van der Waals surface area contributed by atoms with E-state index in [1.807, 2.05) is 0 Å². The molecular formula is C24H27F7N2O4. The lowest BCUT2D eigenvalue weighted by Gasteiger charge is -2.35. The highest BCUT2D eigenvalue weighted by Gasteiger charge is 2.67. The SMILES string of the molecule is C[C@@H]1[C@H](C2CC=C(F)C(F)=C2OC(F)F)[C@@H](C(=O)Nc2ccc(CC(C)(C)O)nc2)O[C@]1(C)C(F)(F)F. The molecule has 1 amide bonds. The second kappa shape index (κ2) is 10.2. The van der Waals surface area contributed by atoms with Crippen LogP contribution in [-0.2, 0) is 20.7 Å². The topological polar surface area (TPSA) is 80.7 Å². The Morgan fingerprint density at radius 1 is 1.30 bits per heavy atom. The number of alkyl halides is 5. The Kier molecular flexibility index (Phi) is 8.00. The van der Waals surface area contributed by atoms with Crippen LogP contribution in [0.4, 0.5) is 36.4 Å². The summed E-state index contributed by atoms with van der Waals surface area (Å²) in [6, 6.07) is 2.90. The van der Waals surface area contributed by atoms with Crippen LogP contribution in [0.25, 0.3) is 0 Å². The summed E-state index contributed by atoms with van der Waals surface area (Å²) in [5.74, 6) is -10.1. The number of nitrogens with zero attached hydrogens (tertiary/aromatic N) is 1. The molecule has 6 nitrogen and oxygen atoms in total. The van der Waals surface area contributed by atoms with E-state index in [0.29, 0.717) is 18.7 Å². The molecule has 0 spiro atoms. The molecule has 1 aromatic heterocycles. The van der Waals surface area contributed by atoms with Gasteiger partial charge in [0.05, 0.1) is 17.5 Å². The molecule has 13 heteroatoms. The summed E-state index contributed by atoms with van der Waals surface area (Å²) in [6.07, 6.45) is -5.26. The maximum atomic E-state index is 14.5. The molecule has 0 aromatic carbocycles. The molecular weight excluding hydrogens is 513 g/mol. The van der Waals surface area contributed by atoms with Gasteiger partial charge in [0.15, 0.2) is 17.3 Å². The van der Waals surface area contributed by atoms with Crippen molar-refractivity contribution >= 4 is 11.6 Å². The molecule has 1 aliphatic heterocycles. The van der Waals surface area contributed by atoms with Crippen molar-refractivity contribution in [2.24, 2.45) is 17.8 Å². The van der Waals surface area contributed by atoms with Crippen molar-refractivity contribution in [1.29, 1.82) is 0 Å². The third-order valence-corrected chi connectivity index (χ3v) is 6.69. The molecule has 1 fully saturated rings. The Bertz CT molecular complexity index is 1070. The number of allylic oxidation sites excluding steroid dienone is 4. The Morgan fingerprint density at radius 2 is 1.95 bits per heavy atom. The molecule has 2 aliphatic rings. The molecule has 2 N–H and O–H groups in total. The van der Waals surface area contributed by atoms with Crippen LogP contribution >= 0.6 is 0 Å². The van der Waals surface area contributed by atoms with Gasteiger partial charge in [-0.2, -0.15) is 22.0 Å². The van der Waals surface area contributed by atoms with Gasteiger partial charge in [-0.15, -0.1) is 0 Å². The van der Waals surface area contributed by atoms with E-state index in [1.165, 1.54) is 18.3 Å². The summed E-state index contributed by atoms with van der Waals surface area (Å²) in [4.78, 5) is 17.3. The second-order valence-corrected chi connectivity index (χ2v) is 9.98. The van der Waals surface area contributed by atoms with Crippen molar-refractivity contribution < 1.29 is 50.1 Å². The Hall–Kier alpha value is -2.67. The summed E-state index contributed by atoms with van der Waals surface area (Å²) >= 11 is 0. The van der Waals surface area contributed by atoms with E-state index in [4.69, 9.17) is 4.74 Å².